The summed E-state index contributed by atoms with van der Waals surface area (Å²) in [6.45, 7) is 2.02. The molecule has 0 aromatic carbocycles. The summed E-state index contributed by atoms with van der Waals surface area (Å²) in [6, 6.07) is 2.02. The second-order valence-electron chi connectivity index (χ2n) is 3.72. The quantitative estimate of drug-likeness (QED) is 0.756. The maximum atomic E-state index is 5.73. The summed E-state index contributed by atoms with van der Waals surface area (Å²) < 4.78 is 1.70. The Kier molecular flexibility index (Phi) is 2.52. The highest BCUT2D eigenvalue weighted by atomic mass is 32.1. The van der Waals surface area contributed by atoms with Crippen LogP contribution in [0.25, 0.3) is 16.6 Å². The summed E-state index contributed by atoms with van der Waals surface area (Å²) >= 11 is 1.58. The minimum atomic E-state index is 0.205. The highest BCUT2D eigenvalue weighted by Gasteiger charge is 2.11. The number of nitrogens with zero attached hydrogens (tertiary/aromatic N) is 5. The molecule has 0 saturated heterocycles. The first kappa shape index (κ1) is 10.8. The van der Waals surface area contributed by atoms with Gasteiger partial charge in [0.2, 0.25) is 11.9 Å². The molecule has 0 saturated carbocycles. The van der Waals surface area contributed by atoms with Crippen molar-refractivity contribution in [3.8, 4) is 16.6 Å². The Labute approximate surface area is 107 Å². The van der Waals surface area contributed by atoms with E-state index >= 15 is 0 Å². The van der Waals surface area contributed by atoms with Crippen LogP contribution in [-0.2, 0) is 0 Å². The van der Waals surface area contributed by atoms with Gasteiger partial charge in [-0.05, 0) is 23.9 Å². The minimum Gasteiger partial charge on any atom is -0.368 e. The predicted molar refractivity (Wildman–Crippen MR) is 69.4 cm³/mol. The van der Waals surface area contributed by atoms with Crippen molar-refractivity contribution in [2.75, 3.05) is 5.73 Å². The summed E-state index contributed by atoms with van der Waals surface area (Å²) in [6.07, 6.45) is 5.05. The highest BCUT2D eigenvalue weighted by molar-refractivity contribution is 7.13. The van der Waals surface area contributed by atoms with Crippen molar-refractivity contribution in [2.45, 2.75) is 6.92 Å². The molecular weight excluding hydrogens is 248 g/mol. The van der Waals surface area contributed by atoms with Gasteiger partial charge in [-0.1, -0.05) is 0 Å². The minimum absolute atomic E-state index is 0.205. The molecule has 7 heteroatoms. The van der Waals surface area contributed by atoms with E-state index in [0.29, 0.717) is 11.8 Å². The van der Waals surface area contributed by atoms with E-state index in [-0.39, 0.29) is 5.95 Å². The maximum absolute atomic E-state index is 5.73. The van der Waals surface area contributed by atoms with E-state index in [2.05, 4.69) is 19.9 Å². The fourth-order valence-corrected chi connectivity index (χ4v) is 2.44. The Morgan fingerprint density at radius 3 is 2.83 bits per heavy atom. The van der Waals surface area contributed by atoms with Crippen LogP contribution in [0.5, 0.6) is 0 Å². The molecular formula is C11H10N6S. The summed E-state index contributed by atoms with van der Waals surface area (Å²) in [5.41, 5.74) is 6.86. The number of hydrogen-bond acceptors (Lipinski definition) is 6. The van der Waals surface area contributed by atoms with E-state index in [1.165, 1.54) is 0 Å². The van der Waals surface area contributed by atoms with Crippen LogP contribution >= 0.6 is 11.3 Å². The van der Waals surface area contributed by atoms with Crippen LogP contribution in [0.2, 0.25) is 0 Å². The van der Waals surface area contributed by atoms with Crippen molar-refractivity contribution in [3.05, 3.63) is 35.7 Å². The number of nitrogens with two attached hydrogens (primary N) is 1. The molecule has 90 valence electrons. The monoisotopic (exact) mass is 258 g/mol. The third-order valence-electron chi connectivity index (χ3n) is 2.44. The molecule has 0 atom stereocenters. The lowest BCUT2D eigenvalue weighted by Gasteiger charge is -2.04. The molecule has 0 aliphatic carbocycles. The number of aryl methyl sites for hydroxylation is 1. The normalized spacial score (nSPS) is 10.7. The van der Waals surface area contributed by atoms with Crippen LogP contribution in [0.15, 0.2) is 30.2 Å². The van der Waals surface area contributed by atoms with Gasteiger partial charge in [0.15, 0.2) is 5.82 Å². The Morgan fingerprint density at radius 1 is 1.28 bits per heavy atom. The maximum Gasteiger partial charge on any atom is 0.240 e. The molecule has 0 fully saturated rings. The van der Waals surface area contributed by atoms with Crippen LogP contribution < -0.4 is 5.73 Å². The second kappa shape index (κ2) is 4.19. The summed E-state index contributed by atoms with van der Waals surface area (Å²) in [7, 11) is 0. The fraction of sp³-hybridized carbons (Fsp3) is 0.0909. The van der Waals surface area contributed by atoms with Gasteiger partial charge >= 0.3 is 0 Å². The molecule has 3 rings (SSSR count). The predicted octanol–water partition coefficient (Wildman–Crippen LogP) is 1.68. The van der Waals surface area contributed by atoms with Gasteiger partial charge in [-0.3, -0.25) is 4.57 Å². The molecule has 0 unspecified atom stereocenters. The number of hydrogen-bond donors (Lipinski definition) is 1. The Hall–Kier alpha value is -2.28. The van der Waals surface area contributed by atoms with Gasteiger partial charge in [0, 0.05) is 12.4 Å². The van der Waals surface area contributed by atoms with Crippen LogP contribution in [0.1, 0.15) is 5.56 Å². The fourth-order valence-electron chi connectivity index (χ4n) is 1.58. The number of anilines is 1. The van der Waals surface area contributed by atoms with Crippen LogP contribution in [0, 0.1) is 6.92 Å². The SMILES string of the molecule is Cc1ccsc1-c1nc(N)nc(-n2ccnc2)n1. The Morgan fingerprint density at radius 2 is 2.17 bits per heavy atom. The second-order valence-corrected chi connectivity index (χ2v) is 4.64. The molecule has 0 aliphatic heterocycles. The molecule has 0 aliphatic rings. The Bertz CT molecular complexity index is 673. The van der Waals surface area contributed by atoms with Crippen LogP contribution in [0.3, 0.4) is 0 Å². The van der Waals surface area contributed by atoms with Crippen molar-refractivity contribution >= 4 is 17.3 Å². The molecule has 2 N–H and O–H groups in total. The topological polar surface area (TPSA) is 82.5 Å². The zero-order chi connectivity index (χ0) is 12.5. The van der Waals surface area contributed by atoms with Crippen LogP contribution in [-0.4, -0.2) is 24.5 Å². The zero-order valence-corrected chi connectivity index (χ0v) is 10.4. The lowest BCUT2D eigenvalue weighted by molar-refractivity contribution is 0.907. The van der Waals surface area contributed by atoms with Gasteiger partial charge in [-0.2, -0.15) is 15.0 Å². The summed E-state index contributed by atoms with van der Waals surface area (Å²) in [5, 5.41) is 2.00. The van der Waals surface area contributed by atoms with Gasteiger partial charge in [0.1, 0.15) is 6.33 Å². The van der Waals surface area contributed by atoms with Gasteiger partial charge < -0.3 is 5.73 Å². The van der Waals surface area contributed by atoms with E-state index in [9.17, 15) is 0 Å². The molecule has 3 aromatic rings. The number of aromatic nitrogens is 5. The molecule has 18 heavy (non-hydrogen) atoms. The van der Waals surface area contributed by atoms with Gasteiger partial charge in [-0.25, -0.2) is 4.98 Å². The number of thiophene rings is 1. The van der Waals surface area contributed by atoms with E-state index in [1.807, 2.05) is 18.4 Å². The zero-order valence-electron chi connectivity index (χ0n) is 9.61. The first-order valence-electron chi connectivity index (χ1n) is 5.28. The Balaban J connectivity index is 2.15. The lowest BCUT2D eigenvalue weighted by Crippen LogP contribution is -2.06. The molecule has 0 bridgehead atoms. The molecule has 0 amide bonds. The number of imidazole rings is 1. The molecule has 3 aromatic heterocycles. The van der Waals surface area contributed by atoms with Crippen molar-refractivity contribution in [1.82, 2.24) is 24.5 Å². The first-order chi connectivity index (χ1) is 8.74. The first-order valence-corrected chi connectivity index (χ1v) is 6.16. The molecule has 0 spiro atoms. The molecule has 3 heterocycles. The van der Waals surface area contributed by atoms with Gasteiger partial charge in [-0.15, -0.1) is 11.3 Å². The molecule has 0 radical (unpaired) electrons. The van der Waals surface area contributed by atoms with E-state index in [4.69, 9.17) is 5.73 Å². The van der Waals surface area contributed by atoms with Crippen LogP contribution in [0.4, 0.5) is 5.95 Å². The third kappa shape index (κ3) is 1.84. The highest BCUT2D eigenvalue weighted by Crippen LogP contribution is 2.26. The number of nitrogen functional groups attached to an aromatic ring is 1. The average Bonchev–Trinajstić information content (AvgIpc) is 2.98. The van der Waals surface area contributed by atoms with Crippen molar-refractivity contribution < 1.29 is 0 Å². The molecule has 6 nitrogen and oxygen atoms in total. The van der Waals surface area contributed by atoms with Crippen molar-refractivity contribution in [2.24, 2.45) is 0 Å². The van der Waals surface area contributed by atoms with Gasteiger partial charge in [0.25, 0.3) is 0 Å². The third-order valence-corrected chi connectivity index (χ3v) is 3.45. The summed E-state index contributed by atoms with van der Waals surface area (Å²) in [5.74, 6) is 1.28. The van der Waals surface area contributed by atoms with E-state index in [1.54, 1.807) is 34.6 Å². The smallest absolute Gasteiger partial charge is 0.240 e. The van der Waals surface area contributed by atoms with E-state index in [0.717, 1.165) is 10.4 Å². The standard InChI is InChI=1S/C11H10N6S/c1-7-2-5-18-8(7)9-14-10(12)16-11(15-9)17-4-3-13-6-17/h2-6H,1H3,(H2,12,14,15,16). The van der Waals surface area contributed by atoms with Crippen molar-refractivity contribution in [1.29, 1.82) is 0 Å². The van der Waals surface area contributed by atoms with Gasteiger partial charge in [0.05, 0.1) is 4.88 Å². The van der Waals surface area contributed by atoms with Crippen molar-refractivity contribution in [3.63, 3.8) is 0 Å². The largest absolute Gasteiger partial charge is 0.368 e. The lowest BCUT2D eigenvalue weighted by atomic mass is 10.3. The summed E-state index contributed by atoms with van der Waals surface area (Å²) in [4.78, 5) is 17.7. The number of rotatable bonds is 2. The average molecular weight is 258 g/mol. The van der Waals surface area contributed by atoms with E-state index < -0.39 is 0 Å².